The van der Waals surface area contributed by atoms with E-state index < -0.39 is 12.0 Å². The number of halogens is 1. The molecule has 23 heavy (non-hydrogen) atoms. The number of para-hydroxylation sites is 1. The second-order valence-electron chi connectivity index (χ2n) is 5.08. The first kappa shape index (κ1) is 17.2. The SMILES string of the molecule is CC[C@H](C(=O)O)N(CC)c1cc(Cl)ccc1Oc1ccccc1. The van der Waals surface area contributed by atoms with E-state index in [4.69, 9.17) is 16.3 Å². The van der Waals surface area contributed by atoms with Gasteiger partial charge < -0.3 is 14.7 Å². The van der Waals surface area contributed by atoms with Crippen molar-refractivity contribution in [1.29, 1.82) is 0 Å². The Labute approximate surface area is 141 Å². The van der Waals surface area contributed by atoms with Gasteiger partial charge in [-0.2, -0.15) is 0 Å². The van der Waals surface area contributed by atoms with E-state index in [0.717, 1.165) is 0 Å². The smallest absolute Gasteiger partial charge is 0.326 e. The van der Waals surface area contributed by atoms with Crippen molar-refractivity contribution < 1.29 is 14.6 Å². The third-order valence-corrected chi connectivity index (χ3v) is 3.83. The Bertz CT molecular complexity index is 661. The van der Waals surface area contributed by atoms with Crippen molar-refractivity contribution >= 4 is 23.3 Å². The Morgan fingerprint density at radius 3 is 2.48 bits per heavy atom. The van der Waals surface area contributed by atoms with Gasteiger partial charge in [-0.15, -0.1) is 0 Å². The van der Waals surface area contributed by atoms with Crippen LogP contribution in [-0.2, 0) is 4.79 Å². The number of benzene rings is 2. The van der Waals surface area contributed by atoms with E-state index in [-0.39, 0.29) is 0 Å². The number of aliphatic carboxylic acids is 1. The lowest BCUT2D eigenvalue weighted by Crippen LogP contribution is -2.41. The molecule has 0 bridgehead atoms. The predicted octanol–water partition coefficient (Wildman–Crippen LogP) is 4.82. The highest BCUT2D eigenvalue weighted by Crippen LogP contribution is 2.36. The monoisotopic (exact) mass is 333 g/mol. The van der Waals surface area contributed by atoms with E-state index in [1.54, 1.807) is 23.1 Å². The van der Waals surface area contributed by atoms with Gasteiger partial charge in [0, 0.05) is 11.6 Å². The van der Waals surface area contributed by atoms with Gasteiger partial charge in [0.25, 0.3) is 0 Å². The number of anilines is 1. The van der Waals surface area contributed by atoms with E-state index in [2.05, 4.69) is 0 Å². The van der Waals surface area contributed by atoms with Crippen molar-refractivity contribution in [2.45, 2.75) is 26.3 Å². The molecular weight excluding hydrogens is 314 g/mol. The fourth-order valence-corrected chi connectivity index (χ4v) is 2.67. The Morgan fingerprint density at radius 2 is 1.91 bits per heavy atom. The highest BCUT2D eigenvalue weighted by Gasteiger charge is 2.25. The lowest BCUT2D eigenvalue weighted by Gasteiger charge is -2.30. The van der Waals surface area contributed by atoms with Crippen molar-refractivity contribution in [1.82, 2.24) is 0 Å². The Kier molecular flexibility index (Phi) is 5.88. The van der Waals surface area contributed by atoms with Gasteiger partial charge in [0.2, 0.25) is 0 Å². The summed E-state index contributed by atoms with van der Waals surface area (Å²) in [6.45, 7) is 4.30. The summed E-state index contributed by atoms with van der Waals surface area (Å²) in [7, 11) is 0. The standard InChI is InChI=1S/C18H20ClNO3/c1-3-15(18(21)22)20(4-2)16-12-13(19)10-11-17(16)23-14-8-6-5-7-9-14/h5-12,15H,3-4H2,1-2H3,(H,21,22)/t15-/m1/s1. The number of rotatable bonds is 7. The van der Waals surface area contributed by atoms with Crippen LogP contribution in [-0.4, -0.2) is 23.7 Å². The van der Waals surface area contributed by atoms with Crippen LogP contribution in [0.15, 0.2) is 48.5 Å². The fourth-order valence-electron chi connectivity index (χ4n) is 2.50. The molecule has 2 aromatic carbocycles. The molecule has 4 nitrogen and oxygen atoms in total. The molecule has 0 saturated carbocycles. The number of carbonyl (C=O) groups is 1. The van der Waals surface area contributed by atoms with E-state index in [0.29, 0.717) is 35.2 Å². The molecule has 0 saturated heterocycles. The van der Waals surface area contributed by atoms with Crippen molar-refractivity contribution in [2.75, 3.05) is 11.4 Å². The number of ether oxygens (including phenoxy) is 1. The minimum atomic E-state index is -0.861. The quantitative estimate of drug-likeness (QED) is 0.789. The Hall–Kier alpha value is -2.20. The molecule has 0 fully saturated rings. The molecule has 0 aliphatic carbocycles. The predicted molar refractivity (Wildman–Crippen MR) is 92.7 cm³/mol. The molecule has 5 heteroatoms. The number of likely N-dealkylation sites (N-methyl/N-ethyl adjacent to an activating group) is 1. The summed E-state index contributed by atoms with van der Waals surface area (Å²) in [4.78, 5) is 13.3. The van der Waals surface area contributed by atoms with Crippen LogP contribution in [0, 0.1) is 0 Å². The summed E-state index contributed by atoms with van der Waals surface area (Å²) in [6, 6.07) is 14.0. The number of nitrogens with zero attached hydrogens (tertiary/aromatic N) is 1. The summed E-state index contributed by atoms with van der Waals surface area (Å²) < 4.78 is 5.93. The van der Waals surface area contributed by atoms with Crippen LogP contribution >= 0.6 is 11.6 Å². The number of hydrogen-bond donors (Lipinski definition) is 1. The summed E-state index contributed by atoms with van der Waals surface area (Å²) in [5, 5.41) is 10.0. The van der Waals surface area contributed by atoms with Crippen LogP contribution in [0.5, 0.6) is 11.5 Å². The number of carboxylic acids is 1. The first-order valence-corrected chi connectivity index (χ1v) is 7.96. The van der Waals surface area contributed by atoms with Gasteiger partial charge >= 0.3 is 5.97 Å². The van der Waals surface area contributed by atoms with Crippen molar-refractivity contribution in [2.24, 2.45) is 0 Å². The Balaban J connectivity index is 2.43. The van der Waals surface area contributed by atoms with Gasteiger partial charge in [-0.1, -0.05) is 36.7 Å². The first-order chi connectivity index (χ1) is 11.1. The van der Waals surface area contributed by atoms with Crippen LogP contribution in [0.25, 0.3) is 0 Å². The summed E-state index contributed by atoms with van der Waals surface area (Å²) in [5.41, 5.74) is 0.679. The fraction of sp³-hybridized carbons (Fsp3) is 0.278. The minimum Gasteiger partial charge on any atom is -0.480 e. The molecule has 2 rings (SSSR count). The van der Waals surface area contributed by atoms with E-state index in [9.17, 15) is 9.90 Å². The zero-order valence-corrected chi connectivity index (χ0v) is 14.0. The highest BCUT2D eigenvalue weighted by molar-refractivity contribution is 6.31. The van der Waals surface area contributed by atoms with Crippen molar-refractivity contribution in [3.8, 4) is 11.5 Å². The van der Waals surface area contributed by atoms with Gasteiger partial charge in [-0.3, -0.25) is 0 Å². The number of carboxylic acid groups (broad SMARTS) is 1. The van der Waals surface area contributed by atoms with Gasteiger partial charge in [0.15, 0.2) is 5.75 Å². The number of hydrogen-bond acceptors (Lipinski definition) is 3. The topological polar surface area (TPSA) is 49.8 Å². The van der Waals surface area contributed by atoms with Crippen LogP contribution in [0.2, 0.25) is 5.02 Å². The molecule has 0 amide bonds. The molecule has 1 N–H and O–H groups in total. The zero-order valence-electron chi connectivity index (χ0n) is 13.2. The van der Waals surface area contributed by atoms with Crippen LogP contribution < -0.4 is 9.64 Å². The molecule has 0 spiro atoms. The molecule has 0 unspecified atom stereocenters. The molecule has 0 aromatic heterocycles. The molecule has 0 aliphatic heterocycles. The van der Waals surface area contributed by atoms with Crippen molar-refractivity contribution in [3.05, 3.63) is 53.6 Å². The second kappa shape index (κ2) is 7.88. The van der Waals surface area contributed by atoms with Crippen molar-refractivity contribution in [3.63, 3.8) is 0 Å². The normalized spacial score (nSPS) is 11.8. The van der Waals surface area contributed by atoms with E-state index >= 15 is 0 Å². The van der Waals surface area contributed by atoms with E-state index in [1.807, 2.05) is 44.2 Å². The maximum absolute atomic E-state index is 11.5. The zero-order chi connectivity index (χ0) is 16.8. The molecule has 2 aromatic rings. The lowest BCUT2D eigenvalue weighted by atomic mass is 10.1. The molecule has 122 valence electrons. The summed E-state index contributed by atoms with van der Waals surface area (Å²) in [6.07, 6.45) is 0.487. The van der Waals surface area contributed by atoms with Crippen LogP contribution in [0.1, 0.15) is 20.3 Å². The lowest BCUT2D eigenvalue weighted by molar-refractivity contribution is -0.138. The van der Waals surface area contributed by atoms with Gasteiger partial charge in [-0.05, 0) is 43.7 Å². The Morgan fingerprint density at radius 1 is 1.22 bits per heavy atom. The van der Waals surface area contributed by atoms with Gasteiger partial charge in [-0.25, -0.2) is 4.79 Å². The third kappa shape index (κ3) is 4.17. The highest BCUT2D eigenvalue weighted by atomic mass is 35.5. The van der Waals surface area contributed by atoms with Gasteiger partial charge in [0.05, 0.1) is 5.69 Å². The maximum atomic E-state index is 11.5. The summed E-state index contributed by atoms with van der Waals surface area (Å²) >= 11 is 6.12. The first-order valence-electron chi connectivity index (χ1n) is 7.58. The second-order valence-corrected chi connectivity index (χ2v) is 5.51. The molecule has 0 aliphatic rings. The average molecular weight is 334 g/mol. The van der Waals surface area contributed by atoms with Gasteiger partial charge in [0.1, 0.15) is 11.8 Å². The van der Waals surface area contributed by atoms with E-state index in [1.165, 1.54) is 0 Å². The molecule has 1 atom stereocenters. The third-order valence-electron chi connectivity index (χ3n) is 3.59. The largest absolute Gasteiger partial charge is 0.480 e. The molecule has 0 heterocycles. The maximum Gasteiger partial charge on any atom is 0.326 e. The van der Waals surface area contributed by atoms with Crippen LogP contribution in [0.4, 0.5) is 5.69 Å². The van der Waals surface area contributed by atoms with Crippen LogP contribution in [0.3, 0.4) is 0 Å². The average Bonchev–Trinajstić information content (AvgIpc) is 2.55. The molecule has 0 radical (unpaired) electrons. The molecular formula is C18H20ClNO3. The minimum absolute atomic E-state index is 0.487. The summed E-state index contributed by atoms with van der Waals surface area (Å²) in [5.74, 6) is 0.414.